The van der Waals surface area contributed by atoms with E-state index in [1.54, 1.807) is 0 Å². The molecule has 26 heavy (non-hydrogen) atoms. The fourth-order valence-electron chi connectivity index (χ4n) is 3.52. The van der Waals surface area contributed by atoms with Gasteiger partial charge in [0.1, 0.15) is 11.3 Å². The quantitative estimate of drug-likeness (QED) is 0.732. The van der Waals surface area contributed by atoms with Crippen LogP contribution in [0.2, 0.25) is 0 Å². The first-order valence-corrected chi connectivity index (χ1v) is 9.20. The molecule has 0 atom stereocenters. The maximum atomic E-state index is 12.5. The number of nitrogens with one attached hydrogen (secondary N) is 1. The Morgan fingerprint density at radius 2 is 1.81 bits per heavy atom. The molecule has 1 aliphatic rings. The second-order valence-electron chi connectivity index (χ2n) is 7.03. The van der Waals surface area contributed by atoms with Gasteiger partial charge in [-0.25, -0.2) is 0 Å². The standard InChI is InChI=1S/C22H23NO3/c1-15-7-8-16-14-21(26-20(16)13-15)22(24)23-17-9-11-19(12-10-17)25-18-5-3-2-4-6-18/h2-8,13-14,17,19H,9-12H2,1H3,(H,23,24). The molecule has 0 radical (unpaired) electrons. The van der Waals surface area contributed by atoms with Crippen molar-refractivity contribution < 1.29 is 13.9 Å². The molecule has 1 N–H and O–H groups in total. The number of hydrogen-bond donors (Lipinski definition) is 1. The van der Waals surface area contributed by atoms with Crippen molar-refractivity contribution in [3.8, 4) is 5.75 Å². The summed E-state index contributed by atoms with van der Waals surface area (Å²) < 4.78 is 11.7. The van der Waals surface area contributed by atoms with E-state index in [1.807, 2.05) is 61.5 Å². The smallest absolute Gasteiger partial charge is 0.287 e. The molecule has 1 aromatic heterocycles. The molecule has 4 nitrogen and oxygen atoms in total. The van der Waals surface area contributed by atoms with Gasteiger partial charge in [-0.2, -0.15) is 0 Å². The van der Waals surface area contributed by atoms with Crippen LogP contribution in [0.3, 0.4) is 0 Å². The van der Waals surface area contributed by atoms with Gasteiger partial charge in [-0.3, -0.25) is 4.79 Å². The lowest BCUT2D eigenvalue weighted by atomic mass is 9.93. The first-order chi connectivity index (χ1) is 12.7. The van der Waals surface area contributed by atoms with E-state index in [-0.39, 0.29) is 18.1 Å². The Morgan fingerprint density at radius 1 is 1.04 bits per heavy atom. The fraction of sp³-hybridized carbons (Fsp3) is 0.318. The van der Waals surface area contributed by atoms with Gasteiger partial charge in [0.2, 0.25) is 0 Å². The number of carbonyl (C=O) groups is 1. The molecule has 4 heteroatoms. The van der Waals surface area contributed by atoms with E-state index in [9.17, 15) is 4.79 Å². The van der Waals surface area contributed by atoms with Gasteiger partial charge in [-0.05, 0) is 62.4 Å². The van der Waals surface area contributed by atoms with Gasteiger partial charge in [0.25, 0.3) is 5.91 Å². The molecule has 0 unspecified atom stereocenters. The first-order valence-electron chi connectivity index (χ1n) is 9.20. The predicted octanol–water partition coefficient (Wildman–Crippen LogP) is 4.86. The average Bonchev–Trinajstić information content (AvgIpc) is 3.07. The fourth-order valence-corrected chi connectivity index (χ4v) is 3.52. The van der Waals surface area contributed by atoms with Gasteiger partial charge in [0, 0.05) is 11.4 Å². The summed E-state index contributed by atoms with van der Waals surface area (Å²) in [5.41, 5.74) is 1.88. The largest absolute Gasteiger partial charge is 0.490 e. The molecule has 1 amide bonds. The normalized spacial score (nSPS) is 20.0. The third-order valence-electron chi connectivity index (χ3n) is 4.95. The van der Waals surface area contributed by atoms with Crippen LogP contribution in [0.5, 0.6) is 5.75 Å². The van der Waals surface area contributed by atoms with Gasteiger partial charge in [0.15, 0.2) is 5.76 Å². The number of aryl methyl sites for hydroxylation is 1. The summed E-state index contributed by atoms with van der Waals surface area (Å²) in [6.45, 7) is 2.01. The minimum atomic E-state index is -0.133. The second kappa shape index (κ2) is 7.24. The minimum Gasteiger partial charge on any atom is -0.490 e. The van der Waals surface area contributed by atoms with E-state index in [0.717, 1.165) is 48.0 Å². The van der Waals surface area contributed by atoms with Crippen LogP contribution in [0, 0.1) is 6.92 Å². The molecular formula is C22H23NO3. The summed E-state index contributed by atoms with van der Waals surface area (Å²) in [5, 5.41) is 4.07. The van der Waals surface area contributed by atoms with Crippen molar-refractivity contribution in [2.45, 2.75) is 44.8 Å². The Morgan fingerprint density at radius 3 is 2.58 bits per heavy atom. The molecule has 0 bridgehead atoms. The molecule has 4 rings (SSSR count). The maximum Gasteiger partial charge on any atom is 0.287 e. The van der Waals surface area contributed by atoms with Gasteiger partial charge in [0.05, 0.1) is 6.10 Å². The van der Waals surface area contributed by atoms with Crippen LogP contribution in [0.4, 0.5) is 0 Å². The summed E-state index contributed by atoms with van der Waals surface area (Å²) in [6, 6.07) is 17.9. The number of furan rings is 1. The van der Waals surface area contributed by atoms with E-state index in [1.165, 1.54) is 0 Å². The highest BCUT2D eigenvalue weighted by atomic mass is 16.5. The predicted molar refractivity (Wildman–Crippen MR) is 102 cm³/mol. The van der Waals surface area contributed by atoms with Crippen molar-refractivity contribution in [2.24, 2.45) is 0 Å². The van der Waals surface area contributed by atoms with Gasteiger partial charge >= 0.3 is 0 Å². The van der Waals surface area contributed by atoms with Crippen molar-refractivity contribution in [1.82, 2.24) is 5.32 Å². The SMILES string of the molecule is Cc1ccc2cc(C(=O)NC3CCC(Oc4ccccc4)CC3)oc2c1. The number of benzene rings is 2. The Balaban J connectivity index is 1.32. The van der Waals surface area contributed by atoms with Crippen LogP contribution < -0.4 is 10.1 Å². The monoisotopic (exact) mass is 349 g/mol. The molecule has 1 fully saturated rings. The molecular weight excluding hydrogens is 326 g/mol. The zero-order valence-electron chi connectivity index (χ0n) is 14.9. The third-order valence-corrected chi connectivity index (χ3v) is 4.95. The molecule has 1 heterocycles. The van der Waals surface area contributed by atoms with Crippen molar-refractivity contribution in [1.29, 1.82) is 0 Å². The number of para-hydroxylation sites is 1. The number of amides is 1. The van der Waals surface area contributed by atoms with Crippen molar-refractivity contribution in [3.05, 3.63) is 65.9 Å². The number of ether oxygens (including phenoxy) is 1. The zero-order valence-corrected chi connectivity index (χ0v) is 14.9. The highest BCUT2D eigenvalue weighted by Gasteiger charge is 2.25. The zero-order chi connectivity index (χ0) is 17.9. The van der Waals surface area contributed by atoms with Crippen LogP contribution >= 0.6 is 0 Å². The number of rotatable bonds is 4. The summed E-state index contributed by atoms with van der Waals surface area (Å²) in [5.74, 6) is 1.16. The molecule has 0 spiro atoms. The lowest BCUT2D eigenvalue weighted by Gasteiger charge is -2.29. The average molecular weight is 349 g/mol. The highest BCUT2D eigenvalue weighted by molar-refractivity contribution is 5.96. The topological polar surface area (TPSA) is 51.5 Å². The summed E-state index contributed by atoms with van der Waals surface area (Å²) in [6.07, 6.45) is 3.95. The summed E-state index contributed by atoms with van der Waals surface area (Å²) in [4.78, 5) is 12.5. The van der Waals surface area contributed by atoms with Crippen LogP contribution in [-0.4, -0.2) is 18.1 Å². The number of hydrogen-bond acceptors (Lipinski definition) is 3. The molecule has 0 saturated heterocycles. The van der Waals surface area contributed by atoms with E-state index in [4.69, 9.17) is 9.15 Å². The van der Waals surface area contributed by atoms with Crippen LogP contribution in [0.1, 0.15) is 41.8 Å². The van der Waals surface area contributed by atoms with Crippen molar-refractivity contribution >= 4 is 16.9 Å². The highest BCUT2D eigenvalue weighted by Crippen LogP contribution is 2.25. The minimum absolute atomic E-state index is 0.133. The number of fused-ring (bicyclic) bond motifs is 1. The van der Waals surface area contributed by atoms with Crippen molar-refractivity contribution in [2.75, 3.05) is 0 Å². The van der Waals surface area contributed by atoms with E-state index in [0.29, 0.717) is 5.76 Å². The molecule has 3 aromatic rings. The van der Waals surface area contributed by atoms with E-state index >= 15 is 0 Å². The molecule has 0 aliphatic heterocycles. The Bertz CT molecular complexity index is 892. The molecule has 1 saturated carbocycles. The van der Waals surface area contributed by atoms with Gasteiger partial charge in [-0.15, -0.1) is 0 Å². The third kappa shape index (κ3) is 3.74. The Kier molecular flexibility index (Phi) is 4.65. The van der Waals surface area contributed by atoms with Gasteiger partial charge < -0.3 is 14.5 Å². The Labute approximate surface area is 153 Å². The van der Waals surface area contributed by atoms with E-state index in [2.05, 4.69) is 5.32 Å². The molecule has 134 valence electrons. The molecule has 1 aliphatic carbocycles. The number of carbonyl (C=O) groups excluding carboxylic acids is 1. The van der Waals surface area contributed by atoms with Gasteiger partial charge in [-0.1, -0.05) is 30.3 Å². The maximum absolute atomic E-state index is 12.5. The Hall–Kier alpha value is -2.75. The van der Waals surface area contributed by atoms with Crippen LogP contribution in [0.25, 0.3) is 11.0 Å². The van der Waals surface area contributed by atoms with Crippen molar-refractivity contribution in [3.63, 3.8) is 0 Å². The lowest BCUT2D eigenvalue weighted by molar-refractivity contribution is 0.0869. The van der Waals surface area contributed by atoms with Crippen LogP contribution in [-0.2, 0) is 0 Å². The van der Waals surface area contributed by atoms with E-state index < -0.39 is 0 Å². The first kappa shape index (κ1) is 16.7. The van der Waals surface area contributed by atoms with Crippen LogP contribution in [0.15, 0.2) is 59.0 Å². The summed E-state index contributed by atoms with van der Waals surface area (Å²) in [7, 11) is 0. The second-order valence-corrected chi connectivity index (χ2v) is 7.03. The lowest BCUT2D eigenvalue weighted by Crippen LogP contribution is -2.39. The molecule has 2 aromatic carbocycles. The summed E-state index contributed by atoms with van der Waals surface area (Å²) >= 11 is 0.